The van der Waals surface area contributed by atoms with Gasteiger partial charge in [0.15, 0.2) is 6.10 Å². The minimum atomic E-state index is -3.84. The molecule has 1 amide bonds. The second kappa shape index (κ2) is 6.82. The summed E-state index contributed by atoms with van der Waals surface area (Å²) in [5, 5.41) is 8.85. The first kappa shape index (κ1) is 16.6. The van der Waals surface area contributed by atoms with Crippen molar-refractivity contribution < 1.29 is 22.7 Å². The van der Waals surface area contributed by atoms with Gasteiger partial charge in [-0.2, -0.15) is 0 Å². The van der Waals surface area contributed by atoms with E-state index in [0.29, 0.717) is 6.54 Å². The number of nitrogens with one attached hydrogen (secondary N) is 1. The van der Waals surface area contributed by atoms with Crippen LogP contribution < -0.4 is 10.5 Å². The summed E-state index contributed by atoms with van der Waals surface area (Å²) in [6.07, 6.45) is -0.179. The summed E-state index contributed by atoms with van der Waals surface area (Å²) >= 11 is 0.820. The first-order valence-electron chi connectivity index (χ1n) is 5.85. The smallest absolute Gasteiger partial charge is 0.339 e. The van der Waals surface area contributed by atoms with E-state index in [1.807, 2.05) is 6.92 Å². The Morgan fingerprint density at radius 1 is 1.50 bits per heavy atom. The molecular weight excluding hydrogens is 304 g/mol. The largest absolute Gasteiger partial charge is 0.449 e. The normalized spacial score (nSPS) is 12.8. The molecule has 1 heterocycles. The van der Waals surface area contributed by atoms with Crippen LogP contribution in [0.5, 0.6) is 0 Å². The monoisotopic (exact) mass is 320 g/mol. The standard InChI is InChI=1S/C11H16N2O5S2/c1-3-4-13-10(14)7(2)18-11(15)8-5-9(19-6-8)20(12,16)17/h5-7H,3-4H2,1-2H3,(H,13,14)(H2,12,16,17). The summed E-state index contributed by atoms with van der Waals surface area (Å²) in [7, 11) is -3.84. The van der Waals surface area contributed by atoms with Crippen molar-refractivity contribution >= 4 is 33.2 Å². The Labute approximate surface area is 121 Å². The fourth-order valence-corrected chi connectivity index (χ4v) is 2.82. The third-order valence-electron chi connectivity index (χ3n) is 2.29. The van der Waals surface area contributed by atoms with Crippen molar-refractivity contribution in [3.05, 3.63) is 17.0 Å². The molecule has 0 spiro atoms. The summed E-state index contributed by atoms with van der Waals surface area (Å²) in [5.41, 5.74) is 0.0502. The Bertz CT molecular complexity index is 594. The third-order valence-corrected chi connectivity index (χ3v) is 4.68. The summed E-state index contributed by atoms with van der Waals surface area (Å²) in [4.78, 5) is 23.3. The van der Waals surface area contributed by atoms with Gasteiger partial charge in [-0.15, -0.1) is 11.3 Å². The predicted molar refractivity (Wildman–Crippen MR) is 73.9 cm³/mol. The number of carbonyl (C=O) groups is 2. The van der Waals surface area contributed by atoms with Gasteiger partial charge in [-0.25, -0.2) is 18.4 Å². The molecule has 1 aromatic heterocycles. The quantitative estimate of drug-likeness (QED) is 0.739. The van der Waals surface area contributed by atoms with Gasteiger partial charge in [-0.05, 0) is 19.4 Å². The molecule has 9 heteroatoms. The van der Waals surface area contributed by atoms with Crippen LogP contribution in [0.3, 0.4) is 0 Å². The maximum atomic E-state index is 11.7. The van der Waals surface area contributed by atoms with E-state index in [1.165, 1.54) is 12.3 Å². The molecule has 1 unspecified atom stereocenters. The molecule has 0 aliphatic heterocycles. The topological polar surface area (TPSA) is 116 Å². The van der Waals surface area contributed by atoms with Crippen molar-refractivity contribution in [3.8, 4) is 0 Å². The van der Waals surface area contributed by atoms with Gasteiger partial charge in [0.1, 0.15) is 4.21 Å². The van der Waals surface area contributed by atoms with Gasteiger partial charge in [0.05, 0.1) is 5.56 Å². The Morgan fingerprint density at radius 2 is 2.15 bits per heavy atom. The van der Waals surface area contributed by atoms with Crippen LogP contribution in [-0.4, -0.2) is 32.9 Å². The number of rotatable bonds is 6. The molecule has 0 saturated heterocycles. The number of nitrogens with two attached hydrogens (primary N) is 1. The molecular formula is C11H16N2O5S2. The molecule has 0 aliphatic carbocycles. The SMILES string of the molecule is CCCNC(=O)C(C)OC(=O)c1csc(S(N)(=O)=O)c1. The van der Waals surface area contributed by atoms with Gasteiger partial charge in [-0.3, -0.25) is 4.79 Å². The number of ether oxygens (including phenoxy) is 1. The van der Waals surface area contributed by atoms with Crippen molar-refractivity contribution in [2.24, 2.45) is 5.14 Å². The lowest BCUT2D eigenvalue weighted by atomic mass is 10.3. The molecule has 0 saturated carbocycles. The number of amides is 1. The van der Waals surface area contributed by atoms with E-state index >= 15 is 0 Å². The van der Waals surface area contributed by atoms with E-state index in [0.717, 1.165) is 23.8 Å². The number of primary sulfonamides is 1. The zero-order valence-corrected chi connectivity index (χ0v) is 12.7. The lowest BCUT2D eigenvalue weighted by Gasteiger charge is -2.12. The minimum Gasteiger partial charge on any atom is -0.449 e. The maximum absolute atomic E-state index is 11.7. The van der Waals surface area contributed by atoms with Crippen molar-refractivity contribution in [1.82, 2.24) is 5.32 Å². The van der Waals surface area contributed by atoms with Gasteiger partial charge in [0, 0.05) is 11.9 Å². The van der Waals surface area contributed by atoms with Crippen LogP contribution in [0.4, 0.5) is 0 Å². The number of esters is 1. The van der Waals surface area contributed by atoms with Crippen molar-refractivity contribution in [2.75, 3.05) is 6.54 Å². The Balaban J connectivity index is 2.67. The van der Waals surface area contributed by atoms with Crippen molar-refractivity contribution in [1.29, 1.82) is 0 Å². The third kappa shape index (κ3) is 4.58. The summed E-state index contributed by atoms with van der Waals surface area (Å²) in [6.45, 7) is 3.84. The lowest BCUT2D eigenvalue weighted by molar-refractivity contribution is -0.129. The molecule has 0 aliphatic rings. The number of sulfonamides is 1. The van der Waals surface area contributed by atoms with E-state index in [1.54, 1.807) is 0 Å². The molecule has 0 fully saturated rings. The number of hydrogen-bond donors (Lipinski definition) is 2. The fourth-order valence-electron chi connectivity index (χ4n) is 1.25. The van der Waals surface area contributed by atoms with Crippen LogP contribution in [0.2, 0.25) is 0 Å². The molecule has 0 aromatic carbocycles. The van der Waals surface area contributed by atoms with E-state index < -0.39 is 28.0 Å². The molecule has 112 valence electrons. The zero-order chi connectivity index (χ0) is 15.3. The summed E-state index contributed by atoms with van der Waals surface area (Å²) in [5.74, 6) is -1.17. The predicted octanol–water partition coefficient (Wildman–Crippen LogP) is 0.467. The highest BCUT2D eigenvalue weighted by atomic mass is 32.2. The van der Waals surface area contributed by atoms with E-state index in [2.05, 4.69) is 5.32 Å². The zero-order valence-electron chi connectivity index (χ0n) is 11.1. The van der Waals surface area contributed by atoms with E-state index in [9.17, 15) is 18.0 Å². The van der Waals surface area contributed by atoms with Crippen molar-refractivity contribution in [3.63, 3.8) is 0 Å². The number of carbonyl (C=O) groups excluding carboxylic acids is 2. The molecule has 0 radical (unpaired) electrons. The van der Waals surface area contributed by atoms with Crippen LogP contribution in [-0.2, 0) is 19.6 Å². The van der Waals surface area contributed by atoms with E-state index in [4.69, 9.17) is 9.88 Å². The average molecular weight is 320 g/mol. The molecule has 0 bridgehead atoms. The first-order valence-corrected chi connectivity index (χ1v) is 8.28. The van der Waals surface area contributed by atoms with Gasteiger partial charge < -0.3 is 10.1 Å². The highest BCUT2D eigenvalue weighted by molar-refractivity contribution is 7.91. The van der Waals surface area contributed by atoms with Crippen LogP contribution in [0.15, 0.2) is 15.7 Å². The minimum absolute atomic E-state index is 0.0502. The Kier molecular flexibility index (Phi) is 5.66. The van der Waals surface area contributed by atoms with Gasteiger partial charge >= 0.3 is 5.97 Å². The maximum Gasteiger partial charge on any atom is 0.339 e. The van der Waals surface area contributed by atoms with Crippen molar-refractivity contribution in [2.45, 2.75) is 30.6 Å². The average Bonchev–Trinajstić information content (AvgIpc) is 2.85. The number of hydrogen-bond acceptors (Lipinski definition) is 6. The molecule has 1 atom stereocenters. The summed E-state index contributed by atoms with van der Waals surface area (Å²) < 4.78 is 27.0. The second-order valence-electron chi connectivity index (χ2n) is 4.04. The molecule has 20 heavy (non-hydrogen) atoms. The lowest BCUT2D eigenvalue weighted by Crippen LogP contribution is -2.36. The molecule has 7 nitrogen and oxygen atoms in total. The highest BCUT2D eigenvalue weighted by Gasteiger charge is 2.21. The Morgan fingerprint density at radius 3 is 2.65 bits per heavy atom. The fraction of sp³-hybridized carbons (Fsp3) is 0.455. The number of thiophene rings is 1. The summed E-state index contributed by atoms with van der Waals surface area (Å²) in [6, 6.07) is 1.12. The first-order chi connectivity index (χ1) is 9.25. The van der Waals surface area contributed by atoms with Gasteiger partial charge in [0.25, 0.3) is 5.91 Å². The van der Waals surface area contributed by atoms with Crippen LogP contribution in [0.1, 0.15) is 30.6 Å². The highest BCUT2D eigenvalue weighted by Crippen LogP contribution is 2.19. The molecule has 3 N–H and O–H groups in total. The van der Waals surface area contributed by atoms with Crippen LogP contribution in [0, 0.1) is 0 Å². The van der Waals surface area contributed by atoms with Crippen LogP contribution in [0.25, 0.3) is 0 Å². The van der Waals surface area contributed by atoms with Gasteiger partial charge in [0.2, 0.25) is 10.0 Å². The second-order valence-corrected chi connectivity index (χ2v) is 6.74. The molecule has 1 rings (SSSR count). The van der Waals surface area contributed by atoms with Crippen LogP contribution >= 0.6 is 11.3 Å². The van der Waals surface area contributed by atoms with E-state index in [-0.39, 0.29) is 9.77 Å². The molecule has 1 aromatic rings. The van der Waals surface area contributed by atoms with Gasteiger partial charge in [-0.1, -0.05) is 6.92 Å². The Hall–Kier alpha value is -1.45.